The smallest absolute Gasteiger partial charge is 0.315 e. The van der Waals surface area contributed by atoms with E-state index in [4.69, 9.17) is 4.42 Å². The molecule has 0 fully saturated rings. The van der Waals surface area contributed by atoms with Crippen LogP contribution < -0.4 is 10.6 Å². The summed E-state index contributed by atoms with van der Waals surface area (Å²) < 4.78 is 7.12. The Balaban J connectivity index is 1.47. The van der Waals surface area contributed by atoms with Gasteiger partial charge in [-0.15, -0.1) is 0 Å². The van der Waals surface area contributed by atoms with Gasteiger partial charge < -0.3 is 15.1 Å². The number of benzene rings is 1. The highest BCUT2D eigenvalue weighted by molar-refractivity contribution is 5.74. The Morgan fingerprint density at radius 1 is 1.21 bits per heavy atom. The van der Waals surface area contributed by atoms with E-state index in [1.54, 1.807) is 18.5 Å². The van der Waals surface area contributed by atoms with Crippen LogP contribution in [0.2, 0.25) is 0 Å². The van der Waals surface area contributed by atoms with Gasteiger partial charge in [-0.25, -0.2) is 4.79 Å². The first-order valence-electron chi connectivity index (χ1n) is 7.84. The van der Waals surface area contributed by atoms with Gasteiger partial charge in [-0.1, -0.05) is 30.3 Å². The lowest BCUT2D eigenvalue weighted by Crippen LogP contribution is -2.36. The maximum Gasteiger partial charge on any atom is 0.315 e. The van der Waals surface area contributed by atoms with Crippen LogP contribution in [0.25, 0.3) is 0 Å². The van der Waals surface area contributed by atoms with Crippen LogP contribution in [0.4, 0.5) is 4.79 Å². The quantitative estimate of drug-likeness (QED) is 0.732. The Morgan fingerprint density at radius 3 is 2.79 bits per heavy atom. The molecule has 6 heteroatoms. The van der Waals surface area contributed by atoms with Crippen molar-refractivity contribution in [2.75, 3.05) is 0 Å². The second kappa shape index (κ2) is 7.50. The molecule has 1 aromatic carbocycles. The zero-order chi connectivity index (χ0) is 16.8. The predicted molar refractivity (Wildman–Crippen MR) is 90.3 cm³/mol. The molecule has 0 saturated carbocycles. The van der Waals surface area contributed by atoms with Crippen LogP contribution in [0.3, 0.4) is 0 Å². The van der Waals surface area contributed by atoms with Gasteiger partial charge >= 0.3 is 6.03 Å². The van der Waals surface area contributed by atoms with Crippen LogP contribution >= 0.6 is 0 Å². The summed E-state index contributed by atoms with van der Waals surface area (Å²) >= 11 is 0. The number of amides is 2. The molecule has 2 aromatic heterocycles. The third-order valence-electron chi connectivity index (χ3n) is 3.64. The molecule has 3 rings (SSSR count). The van der Waals surface area contributed by atoms with Gasteiger partial charge in [0.2, 0.25) is 0 Å². The highest BCUT2D eigenvalue weighted by Gasteiger charge is 2.11. The summed E-state index contributed by atoms with van der Waals surface area (Å²) in [5.41, 5.74) is 2.14. The van der Waals surface area contributed by atoms with Crippen molar-refractivity contribution in [1.82, 2.24) is 20.4 Å². The van der Waals surface area contributed by atoms with E-state index in [1.165, 1.54) is 5.56 Å². The van der Waals surface area contributed by atoms with Crippen LogP contribution in [0.1, 0.15) is 29.9 Å². The maximum atomic E-state index is 11.9. The summed E-state index contributed by atoms with van der Waals surface area (Å²) in [7, 11) is 0. The zero-order valence-corrected chi connectivity index (χ0v) is 13.5. The third kappa shape index (κ3) is 4.25. The average Bonchev–Trinajstić information content (AvgIpc) is 3.26. The zero-order valence-electron chi connectivity index (χ0n) is 13.5. The van der Waals surface area contributed by atoms with E-state index in [1.807, 2.05) is 42.1 Å². The predicted octanol–water partition coefficient (Wildman–Crippen LogP) is 3.08. The van der Waals surface area contributed by atoms with Gasteiger partial charge in [-0.05, 0) is 24.6 Å². The van der Waals surface area contributed by atoms with Crippen molar-refractivity contribution in [3.05, 3.63) is 78.0 Å². The minimum atomic E-state index is -0.241. The first-order chi connectivity index (χ1) is 11.7. The van der Waals surface area contributed by atoms with Crippen molar-refractivity contribution in [2.24, 2.45) is 0 Å². The monoisotopic (exact) mass is 324 g/mol. The summed E-state index contributed by atoms with van der Waals surface area (Å²) in [4.78, 5) is 11.9. The number of rotatable bonds is 6. The van der Waals surface area contributed by atoms with E-state index in [9.17, 15) is 4.79 Å². The van der Waals surface area contributed by atoms with Crippen LogP contribution in [0.15, 0.2) is 65.5 Å². The molecule has 124 valence electrons. The van der Waals surface area contributed by atoms with Crippen molar-refractivity contribution < 1.29 is 9.21 Å². The molecule has 0 aliphatic carbocycles. The number of nitrogens with zero attached hydrogens (tertiary/aromatic N) is 2. The second-order valence-electron chi connectivity index (χ2n) is 5.60. The Kier molecular flexibility index (Phi) is 4.96. The van der Waals surface area contributed by atoms with E-state index in [-0.39, 0.29) is 12.1 Å². The molecule has 0 saturated heterocycles. The minimum absolute atomic E-state index is 0.180. The molecule has 6 nitrogen and oxygen atoms in total. The summed E-state index contributed by atoms with van der Waals surface area (Å²) in [5.74, 6) is 0.723. The van der Waals surface area contributed by atoms with E-state index in [0.29, 0.717) is 13.1 Å². The molecule has 0 spiro atoms. The standard InChI is InChI=1S/C18H20N4O2/c1-14(17-8-5-9-24-17)21-18(23)19-10-16-11-20-22(13-16)12-15-6-3-2-4-7-15/h2-9,11,13-14H,10,12H2,1H3,(H2,19,21,23)/t14-/m1/s1. The number of urea groups is 1. The molecule has 0 radical (unpaired) electrons. The molecule has 0 aliphatic rings. The highest BCUT2D eigenvalue weighted by Crippen LogP contribution is 2.11. The number of hydrogen-bond acceptors (Lipinski definition) is 3. The number of nitrogens with one attached hydrogen (secondary N) is 2. The molecule has 1 atom stereocenters. The summed E-state index contributed by atoms with van der Waals surface area (Å²) in [5, 5.41) is 9.97. The van der Waals surface area contributed by atoms with Crippen LogP contribution in [0.5, 0.6) is 0 Å². The van der Waals surface area contributed by atoms with E-state index < -0.39 is 0 Å². The fourth-order valence-electron chi connectivity index (χ4n) is 2.39. The summed E-state index contributed by atoms with van der Waals surface area (Å²) in [6.45, 7) is 3.00. The lowest BCUT2D eigenvalue weighted by Gasteiger charge is -2.12. The number of aromatic nitrogens is 2. The van der Waals surface area contributed by atoms with Gasteiger partial charge in [0.05, 0.1) is 25.0 Å². The Labute approximate surface area is 140 Å². The molecular weight excluding hydrogens is 304 g/mol. The maximum absolute atomic E-state index is 11.9. The van der Waals surface area contributed by atoms with E-state index in [2.05, 4.69) is 27.9 Å². The number of furan rings is 1. The first kappa shape index (κ1) is 15.9. The molecule has 2 amide bonds. The lowest BCUT2D eigenvalue weighted by molar-refractivity contribution is 0.235. The first-order valence-corrected chi connectivity index (χ1v) is 7.84. The molecule has 24 heavy (non-hydrogen) atoms. The number of carbonyl (C=O) groups excluding carboxylic acids is 1. The lowest BCUT2D eigenvalue weighted by atomic mass is 10.2. The van der Waals surface area contributed by atoms with Gasteiger partial charge in [-0.3, -0.25) is 4.68 Å². The summed E-state index contributed by atoms with van der Waals surface area (Å²) in [6, 6.07) is 13.3. The molecule has 0 aliphatic heterocycles. The van der Waals surface area contributed by atoms with Gasteiger partial charge in [0.1, 0.15) is 5.76 Å². The fraction of sp³-hybridized carbons (Fsp3) is 0.222. The number of carbonyl (C=O) groups is 1. The highest BCUT2D eigenvalue weighted by atomic mass is 16.3. The van der Waals surface area contributed by atoms with Gasteiger partial charge in [-0.2, -0.15) is 5.10 Å². The van der Waals surface area contributed by atoms with E-state index >= 15 is 0 Å². The molecular formula is C18H20N4O2. The molecule has 0 bridgehead atoms. The van der Waals surface area contributed by atoms with E-state index in [0.717, 1.165) is 11.3 Å². The topological polar surface area (TPSA) is 72.1 Å². The van der Waals surface area contributed by atoms with Crippen molar-refractivity contribution in [2.45, 2.75) is 26.1 Å². The van der Waals surface area contributed by atoms with Crippen molar-refractivity contribution in [3.8, 4) is 0 Å². The van der Waals surface area contributed by atoms with Gasteiger partial charge in [0.25, 0.3) is 0 Å². The molecule has 2 N–H and O–H groups in total. The fourth-order valence-corrected chi connectivity index (χ4v) is 2.39. The second-order valence-corrected chi connectivity index (χ2v) is 5.60. The largest absolute Gasteiger partial charge is 0.467 e. The van der Waals surface area contributed by atoms with Crippen molar-refractivity contribution in [3.63, 3.8) is 0 Å². The molecule has 3 aromatic rings. The number of hydrogen-bond donors (Lipinski definition) is 2. The van der Waals surface area contributed by atoms with Crippen LogP contribution in [-0.2, 0) is 13.1 Å². The van der Waals surface area contributed by atoms with Gasteiger partial charge in [0.15, 0.2) is 0 Å². The van der Waals surface area contributed by atoms with Crippen molar-refractivity contribution >= 4 is 6.03 Å². The van der Waals surface area contributed by atoms with Gasteiger partial charge in [0, 0.05) is 18.3 Å². The molecule has 0 unspecified atom stereocenters. The minimum Gasteiger partial charge on any atom is -0.467 e. The Bertz CT molecular complexity index is 765. The third-order valence-corrected chi connectivity index (χ3v) is 3.64. The van der Waals surface area contributed by atoms with Crippen LogP contribution in [-0.4, -0.2) is 15.8 Å². The Hall–Kier alpha value is -3.02. The SMILES string of the molecule is C[C@@H](NC(=O)NCc1cnn(Cc2ccccc2)c1)c1ccco1. The summed E-state index contributed by atoms with van der Waals surface area (Å²) in [6.07, 6.45) is 5.29. The normalized spacial score (nSPS) is 11.9. The average molecular weight is 324 g/mol. The Morgan fingerprint density at radius 2 is 2.04 bits per heavy atom. The van der Waals surface area contributed by atoms with Crippen molar-refractivity contribution in [1.29, 1.82) is 0 Å². The van der Waals surface area contributed by atoms with Crippen LogP contribution in [0, 0.1) is 0 Å². The molecule has 2 heterocycles.